The Morgan fingerprint density at radius 2 is 2.12 bits per heavy atom. The summed E-state index contributed by atoms with van der Waals surface area (Å²) in [7, 11) is 0. The van der Waals surface area contributed by atoms with E-state index in [9.17, 15) is 4.79 Å². The van der Waals surface area contributed by atoms with E-state index in [0.717, 1.165) is 18.4 Å². The zero-order chi connectivity index (χ0) is 11.5. The van der Waals surface area contributed by atoms with Crippen LogP contribution in [0.3, 0.4) is 0 Å². The number of hydrogen-bond acceptors (Lipinski definition) is 1. The molecule has 1 fully saturated rings. The molecular formula is C12H11Cl2NO. The molecule has 1 N–H and O–H groups in total. The second-order valence-corrected chi connectivity index (χ2v) is 4.63. The lowest BCUT2D eigenvalue weighted by atomic mass is 10.2. The molecule has 0 heterocycles. The minimum atomic E-state index is -0.0754. The predicted octanol–water partition coefficient (Wildman–Crippen LogP) is 3.29. The van der Waals surface area contributed by atoms with Crippen LogP contribution >= 0.6 is 23.2 Å². The lowest BCUT2D eigenvalue weighted by Crippen LogP contribution is -2.22. The largest absolute Gasteiger partial charge is 0.350 e. The van der Waals surface area contributed by atoms with Gasteiger partial charge in [-0.2, -0.15) is 0 Å². The van der Waals surface area contributed by atoms with Gasteiger partial charge in [0.05, 0.1) is 0 Å². The van der Waals surface area contributed by atoms with Gasteiger partial charge < -0.3 is 5.32 Å². The van der Waals surface area contributed by atoms with Gasteiger partial charge >= 0.3 is 0 Å². The molecule has 0 aliphatic heterocycles. The highest BCUT2D eigenvalue weighted by molar-refractivity contribution is 6.35. The fraction of sp³-hybridized carbons (Fsp3) is 0.250. The van der Waals surface area contributed by atoms with Crippen LogP contribution in [0.1, 0.15) is 18.4 Å². The van der Waals surface area contributed by atoms with Crippen molar-refractivity contribution in [3.05, 3.63) is 39.9 Å². The van der Waals surface area contributed by atoms with Crippen molar-refractivity contribution in [1.82, 2.24) is 5.32 Å². The predicted molar refractivity (Wildman–Crippen MR) is 66.7 cm³/mol. The number of halogens is 2. The number of hydrogen-bond donors (Lipinski definition) is 1. The van der Waals surface area contributed by atoms with E-state index < -0.39 is 0 Å². The highest BCUT2D eigenvalue weighted by atomic mass is 35.5. The summed E-state index contributed by atoms with van der Waals surface area (Å²) in [4.78, 5) is 11.4. The van der Waals surface area contributed by atoms with Gasteiger partial charge in [0.25, 0.3) is 0 Å². The summed E-state index contributed by atoms with van der Waals surface area (Å²) < 4.78 is 0. The fourth-order valence-electron chi connectivity index (χ4n) is 1.28. The molecule has 0 unspecified atom stereocenters. The molecule has 1 saturated carbocycles. The molecule has 0 bridgehead atoms. The Balaban J connectivity index is 2.01. The average Bonchev–Trinajstić information content (AvgIpc) is 3.00. The maximum Gasteiger partial charge on any atom is 0.244 e. The van der Waals surface area contributed by atoms with Gasteiger partial charge in [0.15, 0.2) is 0 Å². The number of nitrogens with one attached hydrogen (secondary N) is 1. The second kappa shape index (κ2) is 4.89. The number of amides is 1. The van der Waals surface area contributed by atoms with Crippen LogP contribution in [0.5, 0.6) is 0 Å². The van der Waals surface area contributed by atoms with E-state index in [1.165, 1.54) is 6.08 Å². The molecule has 2 rings (SSSR count). The van der Waals surface area contributed by atoms with Gasteiger partial charge in [-0.25, -0.2) is 0 Å². The minimum Gasteiger partial charge on any atom is -0.350 e. The van der Waals surface area contributed by atoms with Crippen LogP contribution in [0.15, 0.2) is 24.3 Å². The molecule has 1 amide bonds. The van der Waals surface area contributed by atoms with Gasteiger partial charge in [-0.15, -0.1) is 0 Å². The summed E-state index contributed by atoms with van der Waals surface area (Å²) in [6.45, 7) is 0. The normalized spacial score (nSPS) is 15.4. The van der Waals surface area contributed by atoms with Crippen LogP contribution in [0.25, 0.3) is 6.08 Å². The molecule has 0 saturated heterocycles. The van der Waals surface area contributed by atoms with Crippen LogP contribution < -0.4 is 5.32 Å². The lowest BCUT2D eigenvalue weighted by Gasteiger charge is -1.99. The maximum atomic E-state index is 11.4. The monoisotopic (exact) mass is 255 g/mol. The van der Waals surface area contributed by atoms with Gasteiger partial charge in [0, 0.05) is 22.2 Å². The number of carbonyl (C=O) groups excluding carboxylic acids is 1. The zero-order valence-corrected chi connectivity index (χ0v) is 10.1. The summed E-state index contributed by atoms with van der Waals surface area (Å²) in [5.74, 6) is -0.0754. The molecule has 0 spiro atoms. The van der Waals surface area contributed by atoms with E-state index in [1.54, 1.807) is 24.3 Å². The first-order valence-corrected chi connectivity index (χ1v) is 5.84. The van der Waals surface area contributed by atoms with Crippen molar-refractivity contribution in [2.45, 2.75) is 18.9 Å². The summed E-state index contributed by atoms with van der Waals surface area (Å²) >= 11 is 11.7. The van der Waals surface area contributed by atoms with Gasteiger partial charge in [0.1, 0.15) is 0 Å². The molecule has 1 aromatic carbocycles. The molecule has 0 radical (unpaired) electrons. The van der Waals surface area contributed by atoms with E-state index in [2.05, 4.69) is 5.32 Å². The second-order valence-electron chi connectivity index (χ2n) is 3.78. The molecule has 2 nitrogen and oxygen atoms in total. The third kappa shape index (κ3) is 3.26. The summed E-state index contributed by atoms with van der Waals surface area (Å²) in [6.07, 6.45) is 5.35. The molecule has 0 aromatic heterocycles. The Morgan fingerprint density at radius 3 is 2.75 bits per heavy atom. The van der Waals surface area contributed by atoms with Gasteiger partial charge in [0.2, 0.25) is 5.91 Å². The number of rotatable bonds is 3. The van der Waals surface area contributed by atoms with E-state index in [-0.39, 0.29) is 5.91 Å². The summed E-state index contributed by atoms with van der Waals surface area (Å²) in [5.41, 5.74) is 0.789. The quantitative estimate of drug-likeness (QED) is 0.826. The zero-order valence-electron chi connectivity index (χ0n) is 8.54. The molecule has 84 valence electrons. The van der Waals surface area contributed by atoms with Gasteiger partial charge in [-0.05, 0) is 36.6 Å². The van der Waals surface area contributed by atoms with Crippen LogP contribution in [0.2, 0.25) is 10.0 Å². The molecule has 1 aliphatic carbocycles. The van der Waals surface area contributed by atoms with Crippen molar-refractivity contribution in [2.24, 2.45) is 0 Å². The lowest BCUT2D eigenvalue weighted by molar-refractivity contribution is -0.116. The molecule has 16 heavy (non-hydrogen) atoms. The van der Waals surface area contributed by atoms with Crippen molar-refractivity contribution in [3.8, 4) is 0 Å². The topological polar surface area (TPSA) is 29.1 Å². The van der Waals surface area contributed by atoms with Crippen molar-refractivity contribution in [2.75, 3.05) is 0 Å². The smallest absolute Gasteiger partial charge is 0.244 e. The van der Waals surface area contributed by atoms with E-state index in [4.69, 9.17) is 23.2 Å². The Labute approximate surface area is 104 Å². The Bertz CT molecular complexity index is 439. The van der Waals surface area contributed by atoms with Crippen LogP contribution in [0.4, 0.5) is 0 Å². The first-order valence-electron chi connectivity index (χ1n) is 5.09. The number of benzene rings is 1. The van der Waals surface area contributed by atoms with Crippen molar-refractivity contribution in [1.29, 1.82) is 0 Å². The average molecular weight is 256 g/mol. The molecular weight excluding hydrogens is 245 g/mol. The number of carbonyl (C=O) groups is 1. The third-order valence-electron chi connectivity index (χ3n) is 2.30. The van der Waals surface area contributed by atoms with Crippen molar-refractivity contribution >= 4 is 35.2 Å². The standard InChI is InChI=1S/C12H11Cl2NO/c13-9-3-1-8(11(14)7-9)2-6-12(16)15-10-4-5-10/h1-3,6-7,10H,4-5H2,(H,15,16)/b6-2+. The first-order chi connectivity index (χ1) is 7.65. The van der Waals surface area contributed by atoms with Gasteiger partial charge in [-0.3, -0.25) is 4.79 Å². The first kappa shape index (κ1) is 11.5. The SMILES string of the molecule is O=C(/C=C/c1ccc(Cl)cc1Cl)NC1CC1. The van der Waals surface area contributed by atoms with Crippen LogP contribution in [0, 0.1) is 0 Å². The molecule has 4 heteroatoms. The minimum absolute atomic E-state index is 0.0754. The van der Waals surface area contributed by atoms with E-state index in [1.807, 2.05) is 0 Å². The van der Waals surface area contributed by atoms with Gasteiger partial charge in [-0.1, -0.05) is 29.3 Å². The van der Waals surface area contributed by atoms with E-state index in [0.29, 0.717) is 16.1 Å². The Hall–Kier alpha value is -0.990. The highest BCUT2D eigenvalue weighted by Gasteiger charge is 2.21. The summed E-state index contributed by atoms with van der Waals surface area (Å²) in [5, 5.41) is 3.99. The Kier molecular flexibility index (Phi) is 3.52. The maximum absolute atomic E-state index is 11.4. The van der Waals surface area contributed by atoms with Crippen LogP contribution in [-0.4, -0.2) is 11.9 Å². The molecule has 1 aromatic rings. The van der Waals surface area contributed by atoms with E-state index >= 15 is 0 Å². The van der Waals surface area contributed by atoms with Crippen LogP contribution in [-0.2, 0) is 4.79 Å². The molecule has 0 atom stereocenters. The van der Waals surface area contributed by atoms with Crippen molar-refractivity contribution < 1.29 is 4.79 Å². The third-order valence-corrected chi connectivity index (χ3v) is 2.86. The highest BCUT2D eigenvalue weighted by Crippen LogP contribution is 2.22. The summed E-state index contributed by atoms with van der Waals surface area (Å²) in [6, 6.07) is 5.55. The molecule has 1 aliphatic rings. The van der Waals surface area contributed by atoms with Crippen molar-refractivity contribution in [3.63, 3.8) is 0 Å². The Morgan fingerprint density at radius 1 is 1.38 bits per heavy atom. The fourth-order valence-corrected chi connectivity index (χ4v) is 1.75.